The van der Waals surface area contributed by atoms with Crippen LogP contribution in [0.3, 0.4) is 0 Å². The Kier molecular flexibility index (Phi) is 3.47. The highest BCUT2D eigenvalue weighted by Crippen LogP contribution is 2.21. The van der Waals surface area contributed by atoms with Gasteiger partial charge in [0.05, 0.1) is 11.0 Å². The number of aromatic amines is 1. The predicted molar refractivity (Wildman–Crippen MR) is 66.1 cm³/mol. The SMILES string of the molecule is CCC(ONC(=O)O)c1nc2ccc(C)cc2[nH]1. The lowest BCUT2D eigenvalue weighted by atomic mass is 10.2. The van der Waals surface area contributed by atoms with E-state index in [1.165, 1.54) is 0 Å². The first kappa shape index (κ1) is 12.4. The van der Waals surface area contributed by atoms with Crippen LogP contribution < -0.4 is 5.48 Å². The molecular weight excluding hydrogens is 234 g/mol. The van der Waals surface area contributed by atoms with E-state index in [4.69, 9.17) is 9.94 Å². The van der Waals surface area contributed by atoms with E-state index in [2.05, 4.69) is 9.97 Å². The summed E-state index contributed by atoms with van der Waals surface area (Å²) in [7, 11) is 0. The fraction of sp³-hybridized carbons (Fsp3) is 0.333. The van der Waals surface area contributed by atoms with Gasteiger partial charge in [-0.1, -0.05) is 13.0 Å². The number of hydroxylamine groups is 1. The molecule has 18 heavy (non-hydrogen) atoms. The van der Waals surface area contributed by atoms with Gasteiger partial charge >= 0.3 is 6.09 Å². The Labute approximate surface area is 104 Å². The Bertz CT molecular complexity index is 565. The van der Waals surface area contributed by atoms with Crippen LogP contribution in [-0.2, 0) is 4.84 Å². The second-order valence-electron chi connectivity index (χ2n) is 4.06. The number of fused-ring (bicyclic) bond motifs is 1. The van der Waals surface area contributed by atoms with Crippen molar-refractivity contribution in [3.63, 3.8) is 0 Å². The minimum absolute atomic E-state index is 0.422. The van der Waals surface area contributed by atoms with Crippen molar-refractivity contribution in [1.82, 2.24) is 15.4 Å². The van der Waals surface area contributed by atoms with Gasteiger partial charge in [0.25, 0.3) is 0 Å². The second kappa shape index (κ2) is 5.05. The van der Waals surface area contributed by atoms with E-state index < -0.39 is 12.2 Å². The van der Waals surface area contributed by atoms with Crippen LogP contribution in [0.15, 0.2) is 18.2 Å². The lowest BCUT2D eigenvalue weighted by Gasteiger charge is -2.11. The number of hydrogen-bond donors (Lipinski definition) is 3. The normalized spacial score (nSPS) is 12.6. The fourth-order valence-electron chi connectivity index (χ4n) is 1.75. The van der Waals surface area contributed by atoms with E-state index in [1.54, 1.807) is 0 Å². The summed E-state index contributed by atoms with van der Waals surface area (Å²) in [5.41, 5.74) is 4.80. The fourth-order valence-corrected chi connectivity index (χ4v) is 1.75. The molecule has 1 aromatic carbocycles. The minimum Gasteiger partial charge on any atom is -0.464 e. The van der Waals surface area contributed by atoms with Crippen molar-refractivity contribution >= 4 is 17.1 Å². The molecular formula is C12H15N3O3. The topological polar surface area (TPSA) is 87.2 Å². The van der Waals surface area contributed by atoms with Gasteiger partial charge in [0, 0.05) is 0 Å². The molecule has 96 valence electrons. The quantitative estimate of drug-likeness (QED) is 0.726. The number of imidazole rings is 1. The summed E-state index contributed by atoms with van der Waals surface area (Å²) in [6, 6.07) is 5.88. The Morgan fingerprint density at radius 1 is 1.61 bits per heavy atom. The maximum atomic E-state index is 10.4. The molecule has 0 bridgehead atoms. The van der Waals surface area contributed by atoms with Crippen LogP contribution in [-0.4, -0.2) is 21.2 Å². The van der Waals surface area contributed by atoms with Crippen molar-refractivity contribution in [2.75, 3.05) is 0 Å². The summed E-state index contributed by atoms with van der Waals surface area (Å²) in [6.07, 6.45) is -1.03. The van der Waals surface area contributed by atoms with Gasteiger partial charge in [0.2, 0.25) is 0 Å². The standard InChI is InChI=1S/C12H15N3O3/c1-3-10(18-15-12(16)17)11-13-8-5-4-7(2)6-9(8)14-11/h4-6,10,15H,3H2,1-2H3,(H,13,14)(H,16,17). The van der Waals surface area contributed by atoms with Gasteiger partial charge in [-0.15, -0.1) is 0 Å². The molecule has 2 aromatic rings. The van der Waals surface area contributed by atoms with Crippen molar-refractivity contribution in [3.8, 4) is 0 Å². The number of rotatable bonds is 4. The number of nitrogens with zero attached hydrogens (tertiary/aromatic N) is 1. The molecule has 1 heterocycles. The summed E-state index contributed by atoms with van der Waals surface area (Å²) in [6.45, 7) is 3.90. The number of carbonyl (C=O) groups is 1. The van der Waals surface area contributed by atoms with Crippen LogP contribution >= 0.6 is 0 Å². The molecule has 1 unspecified atom stereocenters. The number of hydrogen-bond acceptors (Lipinski definition) is 3. The number of carboxylic acid groups (broad SMARTS) is 1. The van der Waals surface area contributed by atoms with Gasteiger partial charge < -0.3 is 10.1 Å². The highest BCUT2D eigenvalue weighted by molar-refractivity contribution is 5.75. The summed E-state index contributed by atoms with van der Waals surface area (Å²) < 4.78 is 0. The maximum absolute atomic E-state index is 10.4. The van der Waals surface area contributed by atoms with E-state index in [1.807, 2.05) is 37.5 Å². The zero-order chi connectivity index (χ0) is 13.1. The first-order valence-corrected chi connectivity index (χ1v) is 5.71. The first-order valence-electron chi connectivity index (χ1n) is 5.71. The van der Waals surface area contributed by atoms with Crippen LogP contribution in [0, 0.1) is 6.92 Å². The third-order valence-corrected chi connectivity index (χ3v) is 2.62. The molecule has 0 radical (unpaired) electrons. The average Bonchev–Trinajstić information content (AvgIpc) is 2.72. The highest BCUT2D eigenvalue weighted by atomic mass is 16.7. The molecule has 1 amide bonds. The summed E-state index contributed by atoms with van der Waals surface area (Å²) >= 11 is 0. The average molecular weight is 249 g/mol. The van der Waals surface area contributed by atoms with Gasteiger partial charge in [-0.25, -0.2) is 9.78 Å². The summed E-state index contributed by atoms with van der Waals surface area (Å²) in [5, 5.41) is 8.51. The molecule has 0 spiro atoms. The van der Waals surface area contributed by atoms with Crippen LogP contribution in [0.2, 0.25) is 0 Å². The molecule has 0 aliphatic heterocycles. The number of aryl methyl sites for hydroxylation is 1. The molecule has 1 atom stereocenters. The summed E-state index contributed by atoms with van der Waals surface area (Å²) in [5.74, 6) is 0.617. The van der Waals surface area contributed by atoms with Crippen molar-refractivity contribution < 1.29 is 14.7 Å². The smallest absolute Gasteiger partial charge is 0.428 e. The Morgan fingerprint density at radius 3 is 3.06 bits per heavy atom. The van der Waals surface area contributed by atoms with Gasteiger partial charge in [-0.3, -0.25) is 4.84 Å². The lowest BCUT2D eigenvalue weighted by molar-refractivity contribution is -0.0229. The van der Waals surface area contributed by atoms with Crippen LogP contribution in [0.5, 0.6) is 0 Å². The van der Waals surface area contributed by atoms with Gasteiger partial charge in [-0.2, -0.15) is 5.48 Å². The lowest BCUT2D eigenvalue weighted by Crippen LogP contribution is -2.24. The molecule has 6 heteroatoms. The van der Waals surface area contributed by atoms with E-state index in [9.17, 15) is 4.79 Å². The third kappa shape index (κ3) is 2.60. The van der Waals surface area contributed by atoms with Crippen LogP contribution in [0.25, 0.3) is 11.0 Å². The Morgan fingerprint density at radius 2 is 2.39 bits per heavy atom. The molecule has 1 aromatic heterocycles. The molecule has 0 fully saturated rings. The molecule has 0 aliphatic carbocycles. The van der Waals surface area contributed by atoms with Crippen LogP contribution in [0.1, 0.15) is 30.8 Å². The maximum Gasteiger partial charge on any atom is 0.428 e. The number of benzene rings is 1. The highest BCUT2D eigenvalue weighted by Gasteiger charge is 2.16. The number of H-pyrrole nitrogens is 1. The van der Waals surface area contributed by atoms with Gasteiger partial charge in [0.1, 0.15) is 11.9 Å². The number of aromatic nitrogens is 2. The Balaban J connectivity index is 2.25. The van der Waals surface area contributed by atoms with E-state index >= 15 is 0 Å². The zero-order valence-corrected chi connectivity index (χ0v) is 10.2. The van der Waals surface area contributed by atoms with E-state index in [0.29, 0.717) is 12.2 Å². The third-order valence-electron chi connectivity index (χ3n) is 2.62. The molecule has 3 N–H and O–H groups in total. The molecule has 2 rings (SSSR count). The van der Waals surface area contributed by atoms with Crippen LogP contribution in [0.4, 0.5) is 4.79 Å². The van der Waals surface area contributed by atoms with Crippen molar-refractivity contribution in [3.05, 3.63) is 29.6 Å². The first-order chi connectivity index (χ1) is 8.60. The molecule has 0 aliphatic rings. The number of amides is 1. The van der Waals surface area contributed by atoms with Gasteiger partial charge in [-0.05, 0) is 31.0 Å². The number of nitrogens with one attached hydrogen (secondary N) is 2. The monoisotopic (exact) mass is 249 g/mol. The Hall–Kier alpha value is -2.08. The minimum atomic E-state index is -1.22. The van der Waals surface area contributed by atoms with E-state index in [-0.39, 0.29) is 0 Å². The van der Waals surface area contributed by atoms with Gasteiger partial charge in [0.15, 0.2) is 0 Å². The van der Waals surface area contributed by atoms with Crippen molar-refractivity contribution in [2.24, 2.45) is 0 Å². The van der Waals surface area contributed by atoms with Crippen molar-refractivity contribution in [1.29, 1.82) is 0 Å². The molecule has 0 saturated carbocycles. The zero-order valence-electron chi connectivity index (χ0n) is 10.2. The predicted octanol–water partition coefficient (Wildman–Crippen LogP) is 2.52. The molecule has 6 nitrogen and oxygen atoms in total. The largest absolute Gasteiger partial charge is 0.464 e. The molecule has 0 saturated heterocycles. The van der Waals surface area contributed by atoms with E-state index in [0.717, 1.165) is 16.6 Å². The van der Waals surface area contributed by atoms with Crippen molar-refractivity contribution in [2.45, 2.75) is 26.4 Å². The second-order valence-corrected chi connectivity index (χ2v) is 4.06. The summed E-state index contributed by atoms with van der Waals surface area (Å²) in [4.78, 5) is 23.0.